The second-order valence-electron chi connectivity index (χ2n) is 5.35. The summed E-state index contributed by atoms with van der Waals surface area (Å²) >= 11 is 0. The molecule has 1 aromatic rings. The van der Waals surface area contributed by atoms with Gasteiger partial charge in [0.05, 0.1) is 18.6 Å². The van der Waals surface area contributed by atoms with E-state index in [1.807, 2.05) is 0 Å². The van der Waals surface area contributed by atoms with Crippen molar-refractivity contribution in [1.82, 2.24) is 5.32 Å². The smallest absolute Gasteiger partial charge is 0.416 e. The summed E-state index contributed by atoms with van der Waals surface area (Å²) in [5.74, 6) is -3.83. The van der Waals surface area contributed by atoms with E-state index >= 15 is 0 Å². The molecule has 0 heterocycles. The van der Waals surface area contributed by atoms with E-state index in [2.05, 4.69) is 5.32 Å². The van der Waals surface area contributed by atoms with E-state index < -0.39 is 41.5 Å². The van der Waals surface area contributed by atoms with Gasteiger partial charge in [-0.25, -0.2) is 4.79 Å². The van der Waals surface area contributed by atoms with Gasteiger partial charge in [-0.15, -0.1) is 0 Å². The molecule has 9 heteroatoms. The number of alkyl halides is 3. The van der Waals surface area contributed by atoms with Gasteiger partial charge in [0.2, 0.25) is 0 Å². The lowest BCUT2D eigenvalue weighted by molar-refractivity contribution is -0.146. The van der Waals surface area contributed by atoms with Crippen LogP contribution >= 0.6 is 0 Å². The molecule has 0 spiro atoms. The first kappa shape index (κ1) is 20.5. The van der Waals surface area contributed by atoms with Crippen LogP contribution in [0.5, 0.6) is 0 Å². The van der Waals surface area contributed by atoms with E-state index in [-0.39, 0.29) is 18.6 Å². The number of benzene rings is 1. The highest BCUT2D eigenvalue weighted by atomic mass is 19.4. The molecule has 138 valence electrons. The summed E-state index contributed by atoms with van der Waals surface area (Å²) in [6.07, 6.45) is -4.88. The monoisotopic (exact) mass is 361 g/mol. The van der Waals surface area contributed by atoms with Crippen LogP contribution in [0, 0.1) is 5.92 Å². The topological polar surface area (TPSA) is 92.7 Å². The van der Waals surface area contributed by atoms with Gasteiger partial charge in [0.15, 0.2) is 0 Å². The Kier molecular flexibility index (Phi) is 6.96. The van der Waals surface area contributed by atoms with Crippen molar-refractivity contribution in [1.29, 1.82) is 0 Å². The number of carboxylic acid groups (broad SMARTS) is 1. The van der Waals surface area contributed by atoms with Crippen molar-refractivity contribution in [3.8, 4) is 0 Å². The highest BCUT2D eigenvalue weighted by Gasteiger charge is 2.32. The zero-order valence-electron chi connectivity index (χ0n) is 13.6. The Morgan fingerprint density at radius 1 is 1.28 bits per heavy atom. The zero-order valence-corrected chi connectivity index (χ0v) is 13.6. The Morgan fingerprint density at radius 2 is 1.92 bits per heavy atom. The second kappa shape index (κ2) is 8.50. The molecule has 0 unspecified atom stereocenters. The summed E-state index contributed by atoms with van der Waals surface area (Å²) in [6.45, 7) is 3.13. The van der Waals surface area contributed by atoms with Crippen LogP contribution in [0.25, 0.3) is 0 Å². The first-order chi connectivity index (χ1) is 11.6. The predicted octanol–water partition coefficient (Wildman–Crippen LogP) is 2.48. The number of amides is 1. The van der Waals surface area contributed by atoms with Crippen molar-refractivity contribution >= 4 is 17.8 Å². The van der Waals surface area contributed by atoms with Crippen molar-refractivity contribution in [3.05, 3.63) is 35.4 Å². The lowest BCUT2D eigenvalue weighted by atomic mass is 9.97. The molecule has 2 atom stereocenters. The Hall–Kier alpha value is -2.58. The number of aliphatic carboxylic acids is 1. The first-order valence-corrected chi connectivity index (χ1v) is 7.42. The van der Waals surface area contributed by atoms with E-state index in [1.165, 1.54) is 6.92 Å². The molecular weight excluding hydrogens is 343 g/mol. The van der Waals surface area contributed by atoms with Gasteiger partial charge in [-0.3, -0.25) is 9.59 Å². The summed E-state index contributed by atoms with van der Waals surface area (Å²) in [5.41, 5.74) is -1.35. The van der Waals surface area contributed by atoms with Crippen molar-refractivity contribution in [2.24, 2.45) is 5.92 Å². The van der Waals surface area contributed by atoms with Gasteiger partial charge in [0.1, 0.15) is 6.04 Å². The van der Waals surface area contributed by atoms with E-state index in [4.69, 9.17) is 4.74 Å². The van der Waals surface area contributed by atoms with Crippen molar-refractivity contribution in [2.75, 3.05) is 6.61 Å². The van der Waals surface area contributed by atoms with Crippen LogP contribution < -0.4 is 5.32 Å². The van der Waals surface area contributed by atoms with Gasteiger partial charge in [-0.1, -0.05) is 13.0 Å². The summed E-state index contributed by atoms with van der Waals surface area (Å²) < 4.78 is 42.8. The molecule has 1 aromatic carbocycles. The number of hydrogen-bond donors (Lipinski definition) is 2. The minimum absolute atomic E-state index is 0.125. The fraction of sp³-hybridized carbons (Fsp3) is 0.438. The molecule has 0 aromatic heterocycles. The van der Waals surface area contributed by atoms with Gasteiger partial charge < -0.3 is 15.2 Å². The highest BCUT2D eigenvalue weighted by molar-refractivity contribution is 5.96. The molecule has 0 saturated heterocycles. The minimum Gasteiger partial charge on any atom is -0.480 e. The normalized spacial score (nSPS) is 13.6. The fourth-order valence-electron chi connectivity index (χ4n) is 2.11. The molecule has 0 aliphatic heterocycles. The van der Waals surface area contributed by atoms with E-state index in [0.717, 1.165) is 18.2 Å². The maximum absolute atomic E-state index is 12.7. The second-order valence-corrected chi connectivity index (χ2v) is 5.35. The molecule has 0 radical (unpaired) electrons. The average molecular weight is 361 g/mol. The molecule has 0 saturated carbocycles. The number of carboxylic acids is 1. The Labute approximate surface area is 142 Å². The maximum atomic E-state index is 12.7. The molecule has 1 amide bonds. The largest absolute Gasteiger partial charge is 0.480 e. The van der Waals surface area contributed by atoms with Crippen molar-refractivity contribution < 1.29 is 37.4 Å². The third-order valence-corrected chi connectivity index (χ3v) is 3.37. The SMILES string of the molecule is CCOC(=O)C[C@@H](C)[C@@H](NC(=O)c1cccc(C(F)(F)F)c1)C(=O)O. The zero-order chi connectivity index (χ0) is 19.2. The molecule has 2 N–H and O–H groups in total. The van der Waals surface area contributed by atoms with Crippen LogP contribution in [0.1, 0.15) is 36.2 Å². The number of halogens is 3. The third kappa shape index (κ3) is 6.09. The Balaban J connectivity index is 2.90. The van der Waals surface area contributed by atoms with Gasteiger partial charge in [0.25, 0.3) is 5.91 Å². The Morgan fingerprint density at radius 3 is 2.44 bits per heavy atom. The third-order valence-electron chi connectivity index (χ3n) is 3.37. The van der Waals surface area contributed by atoms with Crippen LogP contribution in [0.15, 0.2) is 24.3 Å². The van der Waals surface area contributed by atoms with Crippen LogP contribution in [0.3, 0.4) is 0 Å². The number of carbonyl (C=O) groups is 3. The molecule has 0 aliphatic rings. The van der Waals surface area contributed by atoms with E-state index in [0.29, 0.717) is 6.07 Å². The Bertz CT molecular complexity index is 645. The van der Waals surface area contributed by atoms with E-state index in [9.17, 15) is 32.7 Å². The summed E-state index contributed by atoms with van der Waals surface area (Å²) in [6, 6.07) is 2.17. The molecular formula is C16H18F3NO5. The molecule has 0 fully saturated rings. The van der Waals surface area contributed by atoms with Crippen LogP contribution in [0.2, 0.25) is 0 Å². The molecule has 0 bridgehead atoms. The maximum Gasteiger partial charge on any atom is 0.416 e. The number of esters is 1. The number of hydrogen-bond acceptors (Lipinski definition) is 4. The van der Waals surface area contributed by atoms with Crippen LogP contribution in [0.4, 0.5) is 13.2 Å². The number of carbonyl (C=O) groups excluding carboxylic acids is 2. The first-order valence-electron chi connectivity index (χ1n) is 7.42. The highest BCUT2D eigenvalue weighted by Crippen LogP contribution is 2.29. The summed E-state index contributed by atoms with van der Waals surface area (Å²) in [5, 5.41) is 11.4. The summed E-state index contributed by atoms with van der Waals surface area (Å²) in [7, 11) is 0. The lowest BCUT2D eigenvalue weighted by Crippen LogP contribution is -2.45. The van der Waals surface area contributed by atoms with Gasteiger partial charge >= 0.3 is 18.1 Å². The molecule has 6 nitrogen and oxygen atoms in total. The number of ether oxygens (including phenoxy) is 1. The van der Waals surface area contributed by atoms with Crippen molar-refractivity contribution in [3.63, 3.8) is 0 Å². The van der Waals surface area contributed by atoms with Gasteiger partial charge in [0, 0.05) is 5.56 Å². The van der Waals surface area contributed by atoms with Gasteiger partial charge in [-0.2, -0.15) is 13.2 Å². The predicted molar refractivity (Wildman–Crippen MR) is 80.7 cm³/mol. The average Bonchev–Trinajstić information content (AvgIpc) is 2.51. The van der Waals surface area contributed by atoms with Crippen LogP contribution in [-0.2, 0) is 20.5 Å². The molecule has 25 heavy (non-hydrogen) atoms. The standard InChI is InChI=1S/C16H18F3NO5/c1-3-25-12(21)7-9(2)13(15(23)24)20-14(22)10-5-4-6-11(8-10)16(17,18)19/h4-6,8-9,13H,3,7H2,1-2H3,(H,20,22)(H,23,24)/t9-,13-/m1/s1. The molecule has 0 aliphatic carbocycles. The molecule has 1 rings (SSSR count). The fourth-order valence-corrected chi connectivity index (χ4v) is 2.11. The number of rotatable bonds is 7. The van der Waals surface area contributed by atoms with Crippen molar-refractivity contribution in [2.45, 2.75) is 32.5 Å². The summed E-state index contributed by atoms with van der Waals surface area (Å²) in [4.78, 5) is 34.9. The van der Waals surface area contributed by atoms with E-state index in [1.54, 1.807) is 6.92 Å². The lowest BCUT2D eigenvalue weighted by Gasteiger charge is -2.21. The number of nitrogens with one attached hydrogen (secondary N) is 1. The van der Waals surface area contributed by atoms with Crippen LogP contribution in [-0.4, -0.2) is 35.6 Å². The van der Waals surface area contributed by atoms with Gasteiger partial charge in [-0.05, 0) is 31.0 Å². The quantitative estimate of drug-likeness (QED) is 0.728. The minimum atomic E-state index is -4.63.